The van der Waals surface area contributed by atoms with Crippen molar-refractivity contribution in [1.29, 1.82) is 0 Å². The van der Waals surface area contributed by atoms with Gasteiger partial charge in [0.2, 0.25) is 6.41 Å². The maximum absolute atomic E-state index is 13.3. The van der Waals surface area contributed by atoms with Gasteiger partial charge >= 0.3 is 5.97 Å². The molecule has 1 unspecified atom stereocenters. The maximum Gasteiger partial charge on any atom is 0.327 e. The number of aromatic nitrogens is 1. The number of carboxylic acid groups (broad SMARTS) is 1. The lowest BCUT2D eigenvalue weighted by Crippen LogP contribution is -2.43. The fraction of sp³-hybridized carbons (Fsp3) is 0.588. The van der Waals surface area contributed by atoms with Crippen molar-refractivity contribution in [2.75, 3.05) is 24.5 Å². The number of carbonyl (C=O) groups excluding carboxylic acids is 1. The van der Waals surface area contributed by atoms with Gasteiger partial charge in [-0.1, -0.05) is 13.0 Å². The van der Waals surface area contributed by atoms with Crippen LogP contribution in [0, 0.1) is 0 Å². The summed E-state index contributed by atoms with van der Waals surface area (Å²) in [6.07, 6.45) is 1.42. The summed E-state index contributed by atoms with van der Waals surface area (Å²) in [6, 6.07) is 2.96. The van der Waals surface area contributed by atoms with Crippen LogP contribution >= 0.6 is 0 Å². The molecule has 3 heterocycles. The topological polar surface area (TPSA) is 73.7 Å². The van der Waals surface area contributed by atoms with Crippen LogP contribution in [-0.2, 0) is 16.0 Å². The Hall–Kier alpha value is -2.18. The third kappa shape index (κ3) is 3.07. The zero-order valence-electron chi connectivity index (χ0n) is 13.7. The molecule has 1 amide bonds. The van der Waals surface area contributed by atoms with E-state index in [1.807, 2.05) is 17.0 Å². The van der Waals surface area contributed by atoms with E-state index in [2.05, 4.69) is 0 Å². The first kappa shape index (κ1) is 16.7. The number of carboxylic acids is 1. The minimum atomic E-state index is -1.02. The molecule has 0 bridgehead atoms. The number of piperidine rings is 1. The van der Waals surface area contributed by atoms with Crippen molar-refractivity contribution in [3.8, 4) is 0 Å². The number of amides is 1. The van der Waals surface area contributed by atoms with Crippen LogP contribution in [0.1, 0.15) is 36.9 Å². The summed E-state index contributed by atoms with van der Waals surface area (Å²) in [6.45, 7) is 3.39. The SMILES string of the molecule is C[C@@H]1c2nc(N3CCC(F)CC3)ccc2CCN(C=O)C1C(=O)O. The highest BCUT2D eigenvalue weighted by Gasteiger charge is 2.36. The summed E-state index contributed by atoms with van der Waals surface area (Å²) in [4.78, 5) is 31.0. The summed E-state index contributed by atoms with van der Waals surface area (Å²) in [5, 5.41) is 9.53. The zero-order chi connectivity index (χ0) is 17.3. The quantitative estimate of drug-likeness (QED) is 0.849. The number of carbonyl (C=O) groups is 2. The second-order valence-corrected chi connectivity index (χ2v) is 6.54. The third-order valence-electron chi connectivity index (χ3n) is 5.04. The number of hydrogen-bond acceptors (Lipinski definition) is 4. The van der Waals surface area contributed by atoms with Crippen LogP contribution in [0.5, 0.6) is 0 Å². The Bertz CT molecular complexity index is 632. The Morgan fingerprint density at radius 3 is 2.67 bits per heavy atom. The van der Waals surface area contributed by atoms with Crippen molar-refractivity contribution >= 4 is 18.2 Å². The molecular weight excluding hydrogens is 313 g/mol. The molecule has 0 spiro atoms. The second-order valence-electron chi connectivity index (χ2n) is 6.54. The van der Waals surface area contributed by atoms with Crippen LogP contribution in [0.25, 0.3) is 0 Å². The Labute approximate surface area is 140 Å². The summed E-state index contributed by atoms with van der Waals surface area (Å²) in [7, 11) is 0. The molecule has 2 aliphatic heterocycles. The average Bonchev–Trinajstić information content (AvgIpc) is 2.72. The van der Waals surface area contributed by atoms with Gasteiger partial charge < -0.3 is 14.9 Å². The molecule has 2 atom stereocenters. The van der Waals surface area contributed by atoms with Gasteiger partial charge in [0, 0.05) is 25.6 Å². The van der Waals surface area contributed by atoms with E-state index in [4.69, 9.17) is 4.98 Å². The van der Waals surface area contributed by atoms with Gasteiger partial charge in [0.25, 0.3) is 0 Å². The largest absolute Gasteiger partial charge is 0.480 e. The van der Waals surface area contributed by atoms with Gasteiger partial charge in [-0.25, -0.2) is 14.2 Å². The highest BCUT2D eigenvalue weighted by molar-refractivity contribution is 5.78. The smallest absolute Gasteiger partial charge is 0.327 e. The molecular formula is C17H22FN3O3. The van der Waals surface area contributed by atoms with Gasteiger partial charge in [0.1, 0.15) is 18.0 Å². The summed E-state index contributed by atoms with van der Waals surface area (Å²) in [5.74, 6) is -0.659. The minimum absolute atomic E-state index is 0.367. The highest BCUT2D eigenvalue weighted by atomic mass is 19.1. The van der Waals surface area contributed by atoms with Gasteiger partial charge in [-0.05, 0) is 30.9 Å². The Kier molecular flexibility index (Phi) is 4.69. The fourth-order valence-corrected chi connectivity index (χ4v) is 3.65. The van der Waals surface area contributed by atoms with Crippen LogP contribution in [0.3, 0.4) is 0 Å². The number of pyridine rings is 1. The molecule has 1 aromatic heterocycles. The molecule has 1 N–H and O–H groups in total. The fourth-order valence-electron chi connectivity index (χ4n) is 3.65. The van der Waals surface area contributed by atoms with Crippen molar-refractivity contribution in [2.45, 2.75) is 44.3 Å². The lowest BCUT2D eigenvalue weighted by molar-refractivity contribution is -0.147. The van der Waals surface area contributed by atoms with Crippen LogP contribution in [0.2, 0.25) is 0 Å². The van der Waals surface area contributed by atoms with Crippen molar-refractivity contribution < 1.29 is 19.1 Å². The first-order valence-corrected chi connectivity index (χ1v) is 8.34. The molecule has 0 aromatic carbocycles. The molecule has 0 aliphatic carbocycles. The summed E-state index contributed by atoms with van der Waals surface area (Å²) in [5.41, 5.74) is 1.70. The Morgan fingerprint density at radius 2 is 2.04 bits per heavy atom. The normalized spacial score (nSPS) is 25.1. The minimum Gasteiger partial charge on any atom is -0.480 e. The van der Waals surface area contributed by atoms with Gasteiger partial charge in [-0.2, -0.15) is 0 Å². The van der Waals surface area contributed by atoms with Crippen molar-refractivity contribution in [2.24, 2.45) is 0 Å². The lowest BCUT2D eigenvalue weighted by atomic mass is 9.94. The number of rotatable bonds is 3. The molecule has 24 heavy (non-hydrogen) atoms. The van der Waals surface area contributed by atoms with E-state index in [0.29, 0.717) is 45.3 Å². The van der Waals surface area contributed by atoms with E-state index in [-0.39, 0.29) is 0 Å². The van der Waals surface area contributed by atoms with E-state index < -0.39 is 24.1 Å². The zero-order valence-corrected chi connectivity index (χ0v) is 13.7. The molecule has 1 fully saturated rings. The maximum atomic E-state index is 13.3. The first-order valence-electron chi connectivity index (χ1n) is 8.34. The number of fused-ring (bicyclic) bond motifs is 1. The third-order valence-corrected chi connectivity index (χ3v) is 5.04. The number of hydrogen-bond donors (Lipinski definition) is 1. The van der Waals surface area contributed by atoms with E-state index in [1.54, 1.807) is 6.92 Å². The number of alkyl halides is 1. The Balaban J connectivity index is 1.92. The molecule has 1 aromatic rings. The molecule has 0 radical (unpaired) electrons. The van der Waals surface area contributed by atoms with E-state index >= 15 is 0 Å². The Morgan fingerprint density at radius 1 is 1.33 bits per heavy atom. The van der Waals surface area contributed by atoms with Crippen LogP contribution in [0.4, 0.5) is 10.2 Å². The number of nitrogens with zero attached hydrogens (tertiary/aromatic N) is 3. The van der Waals surface area contributed by atoms with Gasteiger partial charge in [0.15, 0.2) is 0 Å². The molecule has 2 aliphatic rings. The summed E-state index contributed by atoms with van der Waals surface area (Å²) >= 11 is 0. The standard InChI is InChI=1S/C17H22FN3O3/c1-11-15-12(4-7-21(10-22)16(11)17(23)24)2-3-14(19-15)20-8-5-13(18)6-9-20/h2-3,10-11,13,16H,4-9H2,1H3,(H,23,24)/t11-,16?/m1/s1. The predicted molar refractivity (Wildman–Crippen MR) is 86.9 cm³/mol. The molecule has 130 valence electrons. The molecule has 6 nitrogen and oxygen atoms in total. The van der Waals surface area contributed by atoms with Crippen LogP contribution in [-0.4, -0.2) is 59.2 Å². The highest BCUT2D eigenvalue weighted by Crippen LogP contribution is 2.31. The molecule has 1 saturated heterocycles. The van der Waals surface area contributed by atoms with Gasteiger partial charge in [0.05, 0.1) is 5.69 Å². The van der Waals surface area contributed by atoms with Crippen LogP contribution < -0.4 is 4.90 Å². The molecule has 7 heteroatoms. The predicted octanol–water partition coefficient (Wildman–Crippen LogP) is 1.59. The average molecular weight is 335 g/mol. The number of anilines is 1. The van der Waals surface area contributed by atoms with Crippen LogP contribution in [0.15, 0.2) is 12.1 Å². The van der Waals surface area contributed by atoms with Gasteiger partial charge in [-0.15, -0.1) is 0 Å². The van der Waals surface area contributed by atoms with E-state index in [9.17, 15) is 19.1 Å². The lowest BCUT2D eigenvalue weighted by Gasteiger charge is -2.31. The first-order chi connectivity index (χ1) is 11.5. The van der Waals surface area contributed by atoms with Gasteiger partial charge in [-0.3, -0.25) is 4.79 Å². The van der Waals surface area contributed by atoms with Crippen molar-refractivity contribution in [1.82, 2.24) is 9.88 Å². The second kappa shape index (κ2) is 6.75. The van der Waals surface area contributed by atoms with E-state index in [1.165, 1.54) is 4.90 Å². The monoisotopic (exact) mass is 335 g/mol. The van der Waals surface area contributed by atoms with Crippen molar-refractivity contribution in [3.05, 3.63) is 23.4 Å². The van der Waals surface area contributed by atoms with Crippen molar-refractivity contribution in [3.63, 3.8) is 0 Å². The number of aliphatic carboxylic acids is 1. The molecule has 3 rings (SSSR count). The number of halogens is 1. The summed E-state index contributed by atoms with van der Waals surface area (Å²) < 4.78 is 13.3. The molecule has 0 saturated carbocycles. The van der Waals surface area contributed by atoms with E-state index in [0.717, 1.165) is 17.1 Å².